The minimum Gasteiger partial charge on any atom is -0.481 e. The molecular weight excluding hydrogens is 552 g/mol. The van der Waals surface area contributed by atoms with Crippen molar-refractivity contribution in [2.75, 3.05) is 26.2 Å². The molecule has 1 aliphatic heterocycles. The molecule has 1 saturated heterocycles. The van der Waals surface area contributed by atoms with Crippen molar-refractivity contribution in [1.82, 2.24) is 29.3 Å². The van der Waals surface area contributed by atoms with Gasteiger partial charge in [-0.05, 0) is 30.5 Å². The summed E-state index contributed by atoms with van der Waals surface area (Å²) in [7, 11) is 1.62. The van der Waals surface area contributed by atoms with Crippen LogP contribution in [-0.2, 0) is 23.2 Å². The fourth-order valence-corrected chi connectivity index (χ4v) is 5.50. The molecule has 3 heterocycles. The number of aromatic nitrogens is 4. The Morgan fingerprint density at radius 3 is 2.09 bits per heavy atom. The summed E-state index contributed by atoms with van der Waals surface area (Å²) >= 11 is 0. The third-order valence-electron chi connectivity index (χ3n) is 7.62. The van der Waals surface area contributed by atoms with Crippen molar-refractivity contribution in [2.45, 2.75) is 44.2 Å². The van der Waals surface area contributed by atoms with Gasteiger partial charge in [-0.3, -0.25) is 28.8 Å². The number of benzene rings is 2. The number of hydrogen-bond donors (Lipinski definition) is 4. The lowest BCUT2D eigenvalue weighted by atomic mass is 9.83. The Hall–Kier alpha value is -4.55. The first-order valence-electron chi connectivity index (χ1n) is 14.4. The van der Waals surface area contributed by atoms with Crippen molar-refractivity contribution in [3.8, 4) is 0 Å². The van der Waals surface area contributed by atoms with Crippen LogP contribution in [0.3, 0.4) is 0 Å². The van der Waals surface area contributed by atoms with E-state index in [1.807, 2.05) is 4.57 Å². The summed E-state index contributed by atoms with van der Waals surface area (Å²) in [5.74, 6) is -1.86. The monoisotopic (exact) mass is 590 g/mol. The van der Waals surface area contributed by atoms with Gasteiger partial charge in [0.1, 0.15) is 0 Å². The molecule has 4 N–H and O–H groups in total. The maximum atomic E-state index is 12.4. The maximum absolute atomic E-state index is 12.4. The summed E-state index contributed by atoms with van der Waals surface area (Å²) in [4.78, 5) is 52.8. The highest BCUT2D eigenvalue weighted by molar-refractivity contribution is 5.75. The lowest BCUT2D eigenvalue weighted by molar-refractivity contribution is -0.143. The second-order valence-corrected chi connectivity index (χ2v) is 10.5. The Morgan fingerprint density at radius 1 is 0.930 bits per heavy atom. The van der Waals surface area contributed by atoms with Gasteiger partial charge in [0, 0.05) is 45.2 Å². The summed E-state index contributed by atoms with van der Waals surface area (Å²) in [5, 5.41) is 19.4. The molecule has 12 nitrogen and oxygen atoms in total. The van der Waals surface area contributed by atoms with Gasteiger partial charge in [0.25, 0.3) is 5.56 Å². The normalized spacial score (nSPS) is 15.3. The molecule has 0 spiro atoms. The molecule has 2 aromatic carbocycles. The van der Waals surface area contributed by atoms with Crippen LogP contribution in [0.15, 0.2) is 76.6 Å². The number of piperazine rings is 1. The average molecular weight is 591 g/mol. The number of imidazole rings is 1. The predicted octanol–water partition coefficient (Wildman–Crippen LogP) is 2.25. The zero-order valence-electron chi connectivity index (χ0n) is 24.2. The molecule has 0 aliphatic carbocycles. The molecule has 0 amide bonds. The number of aliphatic carboxylic acids is 2. The first-order valence-corrected chi connectivity index (χ1v) is 14.4. The lowest BCUT2D eigenvalue weighted by Crippen LogP contribution is -2.54. The molecule has 2 aromatic heterocycles. The Kier molecular flexibility index (Phi) is 11.0. The number of H-pyrrole nitrogens is 1. The molecule has 0 bridgehead atoms. The number of aryl methyl sites for hydroxylation is 2. The molecule has 12 heteroatoms. The van der Waals surface area contributed by atoms with Crippen LogP contribution in [0.4, 0.5) is 0 Å². The van der Waals surface area contributed by atoms with E-state index in [9.17, 15) is 19.2 Å². The van der Waals surface area contributed by atoms with Gasteiger partial charge in [-0.15, -0.1) is 0 Å². The van der Waals surface area contributed by atoms with Gasteiger partial charge in [0.05, 0.1) is 19.2 Å². The van der Waals surface area contributed by atoms with Crippen molar-refractivity contribution < 1.29 is 19.8 Å². The van der Waals surface area contributed by atoms with E-state index in [4.69, 9.17) is 10.2 Å². The number of carboxylic acids is 2. The molecule has 1 fully saturated rings. The number of unbranched alkanes of at least 4 members (excludes halogenated alkanes) is 1. The van der Waals surface area contributed by atoms with Crippen LogP contribution in [0.25, 0.3) is 11.2 Å². The minimum atomic E-state index is -1.08. The van der Waals surface area contributed by atoms with Crippen LogP contribution < -0.4 is 16.6 Å². The summed E-state index contributed by atoms with van der Waals surface area (Å²) in [6.07, 6.45) is 3.00. The molecule has 4 aromatic rings. The summed E-state index contributed by atoms with van der Waals surface area (Å²) in [6, 6.07) is 21.9. The van der Waals surface area contributed by atoms with E-state index in [1.165, 1.54) is 15.7 Å². The Bertz CT molecular complexity index is 1560. The van der Waals surface area contributed by atoms with Crippen LogP contribution in [0.2, 0.25) is 0 Å². The van der Waals surface area contributed by atoms with Gasteiger partial charge in [-0.2, -0.15) is 0 Å². The van der Waals surface area contributed by atoms with Gasteiger partial charge >= 0.3 is 17.6 Å². The zero-order chi connectivity index (χ0) is 30.8. The number of rotatable bonds is 11. The highest BCUT2D eigenvalue weighted by Gasteiger charge is 2.31. The van der Waals surface area contributed by atoms with Crippen LogP contribution in [0.5, 0.6) is 0 Å². The first kappa shape index (κ1) is 31.4. The predicted molar refractivity (Wildman–Crippen MR) is 162 cm³/mol. The number of aromatic amines is 1. The van der Waals surface area contributed by atoms with Crippen LogP contribution in [0, 0.1) is 0 Å². The lowest BCUT2D eigenvalue weighted by Gasteiger charge is -2.41. The number of carbonyl (C=O) groups is 2. The smallest absolute Gasteiger partial charge is 0.329 e. The summed E-state index contributed by atoms with van der Waals surface area (Å²) in [5.41, 5.74) is 2.74. The van der Waals surface area contributed by atoms with E-state index < -0.39 is 17.6 Å². The molecule has 1 unspecified atom stereocenters. The third-order valence-corrected chi connectivity index (χ3v) is 7.62. The van der Waals surface area contributed by atoms with Gasteiger partial charge in [0.2, 0.25) is 0 Å². The van der Waals surface area contributed by atoms with Gasteiger partial charge in [-0.25, -0.2) is 9.78 Å². The zero-order valence-corrected chi connectivity index (χ0v) is 24.2. The van der Waals surface area contributed by atoms with E-state index in [0.717, 1.165) is 39.0 Å². The largest absolute Gasteiger partial charge is 0.481 e. The first-order chi connectivity index (χ1) is 20.8. The second-order valence-electron chi connectivity index (χ2n) is 10.5. The number of hydrogen-bond acceptors (Lipinski definition) is 7. The summed E-state index contributed by atoms with van der Waals surface area (Å²) in [6.45, 7) is 4.63. The number of carboxylic acid groups (broad SMARTS) is 2. The van der Waals surface area contributed by atoms with E-state index in [0.29, 0.717) is 29.7 Å². The standard InChI is InChI=1S/C27H32N6O2.C4H6O4/c1-31-25-24(26(34)30-27(31)35)33(19-29-25)16-9-8-15-32-17-14-28-18-22(32)23(20-10-4-2-5-11-20)21-12-6-3-7-13-21;5-3(6)1-2-4(7)8/h2-7,10-13,19,22-23,28H,8-9,14-18H2,1H3,(H,30,34,35);1-2H2,(H,5,6)(H,7,8). The van der Waals surface area contributed by atoms with Gasteiger partial charge < -0.3 is 20.1 Å². The molecule has 43 heavy (non-hydrogen) atoms. The van der Waals surface area contributed by atoms with Gasteiger partial charge in [0.15, 0.2) is 11.2 Å². The average Bonchev–Trinajstić information content (AvgIpc) is 3.44. The maximum Gasteiger partial charge on any atom is 0.329 e. The topological polar surface area (TPSA) is 163 Å². The van der Waals surface area contributed by atoms with Crippen LogP contribution >= 0.6 is 0 Å². The molecular formula is C31H38N6O6. The van der Waals surface area contributed by atoms with Crippen molar-refractivity contribution in [3.63, 3.8) is 0 Å². The SMILES string of the molecule is Cn1c(=O)[nH]c(=O)c2c1ncn2CCCCN1CCNCC1C(c1ccccc1)c1ccccc1.O=C(O)CCC(=O)O. The van der Waals surface area contributed by atoms with Crippen molar-refractivity contribution in [1.29, 1.82) is 0 Å². The molecule has 5 rings (SSSR count). The van der Waals surface area contributed by atoms with E-state index in [2.05, 4.69) is 80.8 Å². The number of fused-ring (bicyclic) bond motifs is 1. The quantitative estimate of drug-likeness (QED) is 0.192. The Morgan fingerprint density at radius 2 is 1.51 bits per heavy atom. The summed E-state index contributed by atoms with van der Waals surface area (Å²) < 4.78 is 3.24. The molecule has 228 valence electrons. The third kappa shape index (κ3) is 8.27. The van der Waals surface area contributed by atoms with Crippen LogP contribution in [-0.4, -0.2) is 78.4 Å². The van der Waals surface area contributed by atoms with E-state index in [1.54, 1.807) is 13.4 Å². The van der Waals surface area contributed by atoms with Crippen LogP contribution in [0.1, 0.15) is 42.7 Å². The van der Waals surface area contributed by atoms with Crippen molar-refractivity contribution >= 4 is 23.1 Å². The number of nitrogens with one attached hydrogen (secondary N) is 2. The second kappa shape index (κ2) is 15.1. The fraction of sp³-hybridized carbons (Fsp3) is 0.387. The Balaban J connectivity index is 0.000000467. The molecule has 0 saturated carbocycles. The highest BCUT2D eigenvalue weighted by atomic mass is 16.4. The molecule has 0 radical (unpaired) electrons. The highest BCUT2D eigenvalue weighted by Crippen LogP contribution is 2.31. The number of nitrogens with zero attached hydrogens (tertiary/aromatic N) is 4. The van der Waals surface area contributed by atoms with Gasteiger partial charge in [-0.1, -0.05) is 60.7 Å². The molecule has 1 atom stereocenters. The van der Waals surface area contributed by atoms with E-state index >= 15 is 0 Å². The fourth-order valence-electron chi connectivity index (χ4n) is 5.50. The Labute approximate surface area is 248 Å². The molecule has 1 aliphatic rings. The minimum absolute atomic E-state index is 0.294. The van der Waals surface area contributed by atoms with Crippen molar-refractivity contribution in [2.24, 2.45) is 7.05 Å². The van der Waals surface area contributed by atoms with E-state index in [-0.39, 0.29) is 18.4 Å². The van der Waals surface area contributed by atoms with Crippen molar-refractivity contribution in [3.05, 3.63) is 99.0 Å².